The van der Waals surface area contributed by atoms with Crippen LogP contribution >= 0.6 is 0 Å². The molecule has 0 fully saturated rings. The van der Waals surface area contributed by atoms with Gasteiger partial charge < -0.3 is 9.64 Å². The molecule has 3 aliphatic carbocycles. The van der Waals surface area contributed by atoms with Gasteiger partial charge in [0.15, 0.2) is 0 Å². The van der Waals surface area contributed by atoms with E-state index in [1.165, 1.54) is 89.0 Å². The van der Waals surface area contributed by atoms with Crippen LogP contribution in [0.3, 0.4) is 0 Å². The summed E-state index contributed by atoms with van der Waals surface area (Å²) in [5.41, 5.74) is 20.7. The highest BCUT2D eigenvalue weighted by Crippen LogP contribution is 2.65. The fraction of sp³-hybridized carbons (Fsp3) is 0.0794. The fourth-order valence-corrected chi connectivity index (χ4v) is 11.3. The van der Waals surface area contributed by atoms with Crippen molar-refractivity contribution in [3.63, 3.8) is 0 Å². The van der Waals surface area contributed by atoms with Crippen LogP contribution in [-0.4, -0.2) is 0 Å². The van der Waals surface area contributed by atoms with Crippen LogP contribution < -0.4 is 9.64 Å². The van der Waals surface area contributed by atoms with Crippen molar-refractivity contribution in [2.24, 2.45) is 0 Å². The lowest BCUT2D eigenvalue weighted by atomic mass is 9.65. The molecule has 2 heteroatoms. The van der Waals surface area contributed by atoms with Crippen molar-refractivity contribution in [3.8, 4) is 44.9 Å². The van der Waals surface area contributed by atoms with Crippen LogP contribution in [0.25, 0.3) is 55.8 Å². The van der Waals surface area contributed by atoms with Crippen LogP contribution in [-0.2, 0) is 11.8 Å². The number of anilines is 2. The average molecular weight is 832 g/mol. The highest BCUT2D eigenvalue weighted by molar-refractivity contribution is 6.00. The molecule has 9 aromatic carbocycles. The second-order valence-corrected chi connectivity index (χ2v) is 17.8. The van der Waals surface area contributed by atoms with Crippen molar-refractivity contribution < 1.29 is 4.74 Å². The number of aryl methyl sites for hydroxylation is 1. The number of rotatable bonds is 6. The summed E-state index contributed by atoms with van der Waals surface area (Å²) < 4.78 is 7.24. The molecule has 9 aromatic rings. The summed E-state index contributed by atoms with van der Waals surface area (Å²) in [6.07, 6.45) is 13.2. The molecule has 0 N–H and O–H groups in total. The van der Waals surface area contributed by atoms with Crippen molar-refractivity contribution in [2.75, 3.05) is 4.90 Å². The highest BCUT2D eigenvalue weighted by Gasteiger charge is 2.52. The summed E-state index contributed by atoms with van der Waals surface area (Å²) in [4.78, 5) is 2.45. The Labute approximate surface area is 380 Å². The maximum absolute atomic E-state index is 7.24. The Balaban J connectivity index is 0.966. The van der Waals surface area contributed by atoms with Crippen LogP contribution in [0.15, 0.2) is 224 Å². The summed E-state index contributed by atoms with van der Waals surface area (Å²) in [5, 5.41) is 2.33. The number of hydrogen-bond donors (Lipinski definition) is 0. The lowest BCUT2D eigenvalue weighted by Gasteiger charge is -2.41. The summed E-state index contributed by atoms with van der Waals surface area (Å²) in [6, 6.07) is 73.9. The molecule has 1 atom stereocenters. The molecule has 308 valence electrons. The summed E-state index contributed by atoms with van der Waals surface area (Å²) >= 11 is 0. The van der Waals surface area contributed by atoms with Gasteiger partial charge in [-0.2, -0.15) is 0 Å². The Morgan fingerprint density at radius 2 is 1.08 bits per heavy atom. The van der Waals surface area contributed by atoms with Gasteiger partial charge in [0.05, 0.1) is 5.41 Å². The first-order valence-corrected chi connectivity index (χ1v) is 23.0. The van der Waals surface area contributed by atoms with Gasteiger partial charge in [0.25, 0.3) is 0 Å². The second-order valence-electron chi connectivity index (χ2n) is 17.8. The van der Waals surface area contributed by atoms with Gasteiger partial charge >= 0.3 is 0 Å². The molecule has 13 rings (SSSR count). The Hall–Kier alpha value is -7.94. The topological polar surface area (TPSA) is 12.5 Å². The largest absolute Gasteiger partial charge is 0.455 e. The van der Waals surface area contributed by atoms with E-state index in [0.29, 0.717) is 0 Å². The summed E-state index contributed by atoms with van der Waals surface area (Å²) in [6.45, 7) is 0. The fourth-order valence-electron chi connectivity index (χ4n) is 11.3. The first-order valence-electron chi connectivity index (χ1n) is 23.0. The Morgan fingerprint density at radius 3 is 1.86 bits per heavy atom. The number of ether oxygens (including phenoxy) is 1. The van der Waals surface area contributed by atoms with Gasteiger partial charge in [0.2, 0.25) is 0 Å². The molecular formula is C63H45NO. The highest BCUT2D eigenvalue weighted by atomic mass is 16.5. The summed E-state index contributed by atoms with van der Waals surface area (Å²) in [5.74, 6) is 1.94. The lowest BCUT2D eigenvalue weighted by Crippen LogP contribution is -2.32. The zero-order chi connectivity index (χ0) is 42.9. The molecular weight excluding hydrogens is 787 g/mol. The molecule has 0 bridgehead atoms. The van der Waals surface area contributed by atoms with Crippen LogP contribution in [0, 0.1) is 0 Å². The quantitative estimate of drug-likeness (QED) is 0.165. The van der Waals surface area contributed by atoms with Crippen LogP contribution in [0.4, 0.5) is 11.4 Å². The normalized spacial score (nSPS) is 16.4. The molecule has 1 aliphatic heterocycles. The van der Waals surface area contributed by atoms with E-state index >= 15 is 0 Å². The minimum Gasteiger partial charge on any atom is -0.455 e. The lowest BCUT2D eigenvalue weighted by molar-refractivity contribution is 0.439. The molecule has 1 unspecified atom stereocenters. The van der Waals surface area contributed by atoms with E-state index in [2.05, 4.69) is 229 Å². The number of fused-ring (bicyclic) bond motifs is 13. The molecule has 65 heavy (non-hydrogen) atoms. The number of hydrogen-bond acceptors (Lipinski definition) is 2. The molecule has 0 radical (unpaired) electrons. The maximum Gasteiger partial charge on any atom is 0.140 e. The molecule has 4 aliphatic rings. The van der Waals surface area contributed by atoms with Gasteiger partial charge in [-0.3, -0.25) is 0 Å². The standard InChI is InChI=1S/C63H45NO/c1-3-14-42(15-4-1)44-26-34-49(35-27-44)64(50-36-28-45(29-37-50)43-16-5-2-6-17-43)51-38-30-48(31-39-51)52-23-13-25-57-60(52)55-22-11-12-24-56(55)63(57)58-40-32-46-18-7-9-20-53(46)61(58)65-62-54-21-10-8-19-47(54)33-41-59(62)63/h1-7,9-18,20-28,30-36,38-41H,8,19,29,37H2. The number of nitrogens with zero attached hydrogens (tertiary/aromatic N) is 1. The van der Waals surface area contributed by atoms with Crippen LogP contribution in [0.2, 0.25) is 0 Å². The zero-order valence-electron chi connectivity index (χ0n) is 36.0. The van der Waals surface area contributed by atoms with E-state index in [4.69, 9.17) is 4.74 Å². The van der Waals surface area contributed by atoms with E-state index in [1.54, 1.807) is 0 Å². The van der Waals surface area contributed by atoms with Crippen molar-refractivity contribution in [1.29, 1.82) is 0 Å². The minimum atomic E-state index is -0.572. The Kier molecular flexibility index (Phi) is 8.74. The van der Waals surface area contributed by atoms with Crippen molar-refractivity contribution >= 4 is 33.8 Å². The van der Waals surface area contributed by atoms with E-state index in [0.717, 1.165) is 53.9 Å². The molecule has 0 saturated heterocycles. The predicted molar refractivity (Wildman–Crippen MR) is 270 cm³/mol. The zero-order valence-corrected chi connectivity index (χ0v) is 36.0. The van der Waals surface area contributed by atoms with Gasteiger partial charge in [0, 0.05) is 39.1 Å². The van der Waals surface area contributed by atoms with E-state index in [-0.39, 0.29) is 0 Å². The van der Waals surface area contributed by atoms with Crippen molar-refractivity contribution in [3.05, 3.63) is 263 Å². The van der Waals surface area contributed by atoms with Gasteiger partial charge in [-0.15, -0.1) is 0 Å². The maximum atomic E-state index is 7.24. The second kappa shape index (κ2) is 15.1. The first-order chi connectivity index (χ1) is 32.2. The molecule has 0 saturated carbocycles. The molecule has 2 nitrogen and oxygen atoms in total. The van der Waals surface area contributed by atoms with E-state index < -0.39 is 5.41 Å². The Bertz CT molecular complexity index is 3430. The van der Waals surface area contributed by atoms with E-state index in [1.807, 2.05) is 0 Å². The SMILES string of the molecule is C1=Cc2c(ccc3c2Oc2c(ccc4ccccc24)C32c3ccccc3-c3c(-c4ccc(N(C5=CC=C(c6ccccc6)CC5)c5ccc(-c6ccccc6)cc5)cc4)cccc32)CC1. The number of benzene rings is 9. The van der Waals surface area contributed by atoms with Crippen LogP contribution in [0.1, 0.15) is 58.2 Å². The van der Waals surface area contributed by atoms with Gasteiger partial charge in [-0.25, -0.2) is 0 Å². The van der Waals surface area contributed by atoms with Crippen molar-refractivity contribution in [1.82, 2.24) is 0 Å². The third-order valence-electron chi connectivity index (χ3n) is 14.3. The van der Waals surface area contributed by atoms with Crippen molar-refractivity contribution in [2.45, 2.75) is 31.1 Å². The smallest absolute Gasteiger partial charge is 0.140 e. The van der Waals surface area contributed by atoms with Gasteiger partial charge in [0.1, 0.15) is 11.5 Å². The summed E-state index contributed by atoms with van der Waals surface area (Å²) in [7, 11) is 0. The first kappa shape index (κ1) is 37.6. The third kappa shape index (κ3) is 5.87. The average Bonchev–Trinajstić information content (AvgIpc) is 3.68. The predicted octanol–water partition coefficient (Wildman–Crippen LogP) is 16.5. The third-order valence-corrected chi connectivity index (χ3v) is 14.3. The van der Waals surface area contributed by atoms with Gasteiger partial charge in [-0.05, 0) is 123 Å². The molecule has 1 spiro atoms. The van der Waals surface area contributed by atoms with E-state index in [9.17, 15) is 0 Å². The molecule has 0 aromatic heterocycles. The number of allylic oxidation sites excluding steroid dienone is 5. The molecule has 0 amide bonds. The molecule has 1 heterocycles. The Morgan fingerprint density at radius 1 is 0.431 bits per heavy atom. The van der Waals surface area contributed by atoms with Gasteiger partial charge in [-0.1, -0.05) is 194 Å². The minimum absolute atomic E-state index is 0.572. The van der Waals surface area contributed by atoms with Crippen LogP contribution in [0.5, 0.6) is 11.5 Å². The monoisotopic (exact) mass is 831 g/mol.